The molecule has 0 unspecified atom stereocenters. The van der Waals surface area contributed by atoms with Gasteiger partial charge in [0.15, 0.2) is 5.82 Å². The van der Waals surface area contributed by atoms with E-state index < -0.39 is 0 Å². The maximum absolute atomic E-state index is 15.2. The van der Waals surface area contributed by atoms with Gasteiger partial charge in [-0.15, -0.1) is 0 Å². The largest absolute Gasteiger partial charge is 0.371 e. The van der Waals surface area contributed by atoms with Gasteiger partial charge in [0.2, 0.25) is 0 Å². The molecule has 1 fully saturated rings. The topological polar surface area (TPSA) is 45.8 Å². The fourth-order valence-electron chi connectivity index (χ4n) is 5.17. The van der Waals surface area contributed by atoms with Crippen molar-refractivity contribution < 1.29 is 4.39 Å². The average Bonchev–Trinajstić information content (AvgIpc) is 3.09. The first-order valence-electron chi connectivity index (χ1n) is 12.2. The fraction of sp³-hybridized carbons (Fsp3) is 0.429. The molecular formula is C28H36FN5O. The molecule has 1 aliphatic heterocycles. The van der Waals surface area contributed by atoms with Gasteiger partial charge in [-0.05, 0) is 89.8 Å². The van der Waals surface area contributed by atoms with Crippen LogP contribution in [-0.4, -0.2) is 54.0 Å². The van der Waals surface area contributed by atoms with Crippen LogP contribution >= 0.6 is 0 Å². The Bertz CT molecular complexity index is 1280. The van der Waals surface area contributed by atoms with E-state index in [1.54, 1.807) is 17.7 Å². The standard InChI is InChI=1S/C28H36FN5O/c1-18(2)34-26(27(30-4)32(7)28(34)35)23-17-24(25(29)16-19(23)3)20-8-10-22(11-9-20)33-14-12-21(13-15-33)31(5)6/h8-11,16-18,21H,4,12-15H2,1-3,5-7H3. The molecule has 3 aromatic rings. The number of piperidine rings is 1. The molecule has 0 amide bonds. The number of aromatic nitrogens is 2. The van der Waals surface area contributed by atoms with Crippen LogP contribution in [0.25, 0.3) is 22.4 Å². The van der Waals surface area contributed by atoms with Gasteiger partial charge in [-0.25, -0.2) is 14.2 Å². The number of anilines is 1. The van der Waals surface area contributed by atoms with E-state index in [1.165, 1.54) is 4.57 Å². The number of benzene rings is 2. The highest BCUT2D eigenvalue weighted by Gasteiger charge is 2.24. The van der Waals surface area contributed by atoms with E-state index in [0.717, 1.165) is 48.3 Å². The lowest BCUT2D eigenvalue weighted by atomic mass is 9.96. The van der Waals surface area contributed by atoms with Crippen LogP contribution in [-0.2, 0) is 7.05 Å². The summed E-state index contributed by atoms with van der Waals surface area (Å²) in [5, 5.41) is 0. The number of hydrogen-bond donors (Lipinski definition) is 0. The lowest BCUT2D eigenvalue weighted by Crippen LogP contribution is -2.41. The molecule has 0 N–H and O–H groups in total. The van der Waals surface area contributed by atoms with E-state index in [9.17, 15) is 4.79 Å². The minimum Gasteiger partial charge on any atom is -0.371 e. The molecule has 0 saturated carbocycles. The van der Waals surface area contributed by atoms with Crippen LogP contribution in [0.15, 0.2) is 46.2 Å². The molecule has 2 aromatic carbocycles. The van der Waals surface area contributed by atoms with Crippen molar-refractivity contribution >= 4 is 18.2 Å². The number of hydrogen-bond acceptors (Lipinski definition) is 4. The molecular weight excluding hydrogens is 441 g/mol. The summed E-state index contributed by atoms with van der Waals surface area (Å²) in [6.07, 6.45) is 2.28. The number of aliphatic imine (C=N–C) groups is 1. The summed E-state index contributed by atoms with van der Waals surface area (Å²) in [7, 11) is 5.97. The summed E-state index contributed by atoms with van der Waals surface area (Å²) in [6, 6.07) is 12.0. The third kappa shape index (κ3) is 4.57. The molecule has 1 saturated heterocycles. The quantitative estimate of drug-likeness (QED) is 0.446. The number of rotatable bonds is 6. The fourth-order valence-corrected chi connectivity index (χ4v) is 5.17. The first-order chi connectivity index (χ1) is 16.6. The Morgan fingerprint density at radius 1 is 1.09 bits per heavy atom. The number of aryl methyl sites for hydroxylation is 1. The van der Waals surface area contributed by atoms with Gasteiger partial charge < -0.3 is 9.80 Å². The molecule has 4 rings (SSSR count). The summed E-state index contributed by atoms with van der Waals surface area (Å²) < 4.78 is 18.4. The third-order valence-corrected chi connectivity index (χ3v) is 7.24. The van der Waals surface area contributed by atoms with Crippen LogP contribution in [0.1, 0.15) is 38.3 Å². The van der Waals surface area contributed by atoms with Crippen LogP contribution in [0, 0.1) is 12.7 Å². The van der Waals surface area contributed by atoms with E-state index >= 15 is 4.39 Å². The van der Waals surface area contributed by atoms with Crippen LogP contribution in [0.4, 0.5) is 15.9 Å². The van der Waals surface area contributed by atoms with E-state index in [4.69, 9.17) is 0 Å². The van der Waals surface area contributed by atoms with E-state index in [0.29, 0.717) is 23.1 Å². The maximum Gasteiger partial charge on any atom is 0.330 e. The van der Waals surface area contributed by atoms with Crippen LogP contribution in [0.3, 0.4) is 0 Å². The third-order valence-electron chi connectivity index (χ3n) is 7.24. The molecule has 35 heavy (non-hydrogen) atoms. The number of imidazole rings is 1. The molecule has 2 heterocycles. The van der Waals surface area contributed by atoms with Gasteiger partial charge in [-0.2, -0.15) is 0 Å². The second-order valence-electron chi connectivity index (χ2n) is 10.0. The zero-order valence-electron chi connectivity index (χ0n) is 21.7. The van der Waals surface area contributed by atoms with Crippen molar-refractivity contribution in [2.75, 3.05) is 32.1 Å². The first kappa shape index (κ1) is 24.9. The van der Waals surface area contributed by atoms with Crippen LogP contribution < -0.4 is 10.6 Å². The Morgan fingerprint density at radius 3 is 2.26 bits per heavy atom. The van der Waals surface area contributed by atoms with Crippen molar-refractivity contribution in [2.45, 2.75) is 45.7 Å². The second-order valence-corrected chi connectivity index (χ2v) is 10.0. The Labute approximate surface area is 207 Å². The van der Waals surface area contributed by atoms with Gasteiger partial charge in [-0.1, -0.05) is 12.1 Å². The van der Waals surface area contributed by atoms with Crippen molar-refractivity contribution in [3.8, 4) is 22.4 Å². The molecule has 7 heteroatoms. The minimum absolute atomic E-state index is 0.0805. The lowest BCUT2D eigenvalue weighted by Gasteiger charge is -2.36. The molecule has 1 aromatic heterocycles. The van der Waals surface area contributed by atoms with Crippen LogP contribution in [0.2, 0.25) is 0 Å². The zero-order valence-corrected chi connectivity index (χ0v) is 21.7. The van der Waals surface area contributed by atoms with Gasteiger partial charge >= 0.3 is 5.69 Å². The molecule has 0 radical (unpaired) electrons. The molecule has 6 nitrogen and oxygen atoms in total. The SMILES string of the molecule is C=Nc1c(-c2cc(-c3ccc(N4CCC(N(C)C)CC4)cc3)c(F)cc2C)n(C(C)C)c(=O)n1C. The highest BCUT2D eigenvalue weighted by Crippen LogP contribution is 2.37. The summed E-state index contributed by atoms with van der Waals surface area (Å²) in [5.41, 5.74) is 4.50. The van der Waals surface area contributed by atoms with Crippen molar-refractivity contribution in [1.82, 2.24) is 14.0 Å². The van der Waals surface area contributed by atoms with E-state index in [1.807, 2.05) is 39.0 Å². The van der Waals surface area contributed by atoms with Gasteiger partial charge in [0, 0.05) is 49.0 Å². The predicted molar refractivity (Wildman–Crippen MR) is 144 cm³/mol. The summed E-state index contributed by atoms with van der Waals surface area (Å²) in [5.74, 6) is 0.203. The molecule has 0 bridgehead atoms. The van der Waals surface area contributed by atoms with Gasteiger partial charge in [-0.3, -0.25) is 9.13 Å². The molecule has 186 valence electrons. The smallest absolute Gasteiger partial charge is 0.330 e. The van der Waals surface area contributed by atoms with Crippen molar-refractivity contribution in [3.63, 3.8) is 0 Å². The molecule has 0 aliphatic carbocycles. The van der Waals surface area contributed by atoms with Gasteiger partial charge in [0.25, 0.3) is 0 Å². The zero-order chi connectivity index (χ0) is 25.4. The normalized spacial score (nSPS) is 14.8. The Kier molecular flexibility index (Phi) is 6.99. The highest BCUT2D eigenvalue weighted by molar-refractivity contribution is 5.80. The minimum atomic E-state index is -0.284. The average molecular weight is 478 g/mol. The number of halogens is 1. The summed E-state index contributed by atoms with van der Waals surface area (Å²) in [6.45, 7) is 11.5. The summed E-state index contributed by atoms with van der Waals surface area (Å²) in [4.78, 5) is 21.8. The summed E-state index contributed by atoms with van der Waals surface area (Å²) >= 11 is 0. The van der Waals surface area contributed by atoms with Crippen molar-refractivity contribution in [1.29, 1.82) is 0 Å². The van der Waals surface area contributed by atoms with Crippen LogP contribution in [0.5, 0.6) is 0 Å². The monoisotopic (exact) mass is 477 g/mol. The van der Waals surface area contributed by atoms with Crippen molar-refractivity contribution in [2.24, 2.45) is 12.0 Å². The van der Waals surface area contributed by atoms with E-state index in [2.05, 4.69) is 47.7 Å². The van der Waals surface area contributed by atoms with Crippen molar-refractivity contribution in [3.05, 3.63) is 58.3 Å². The van der Waals surface area contributed by atoms with E-state index in [-0.39, 0.29) is 17.5 Å². The molecule has 0 atom stereocenters. The second kappa shape index (κ2) is 9.82. The Morgan fingerprint density at radius 2 is 1.71 bits per heavy atom. The Balaban J connectivity index is 1.72. The predicted octanol–water partition coefficient (Wildman–Crippen LogP) is 5.41. The molecule has 0 spiro atoms. The maximum atomic E-state index is 15.2. The first-order valence-corrected chi connectivity index (χ1v) is 12.2. The highest BCUT2D eigenvalue weighted by atomic mass is 19.1. The Hall–Kier alpha value is -3.19. The van der Waals surface area contributed by atoms with Gasteiger partial charge in [0.1, 0.15) is 5.82 Å². The van der Waals surface area contributed by atoms with Gasteiger partial charge in [0.05, 0.1) is 5.69 Å². The number of nitrogens with zero attached hydrogens (tertiary/aromatic N) is 5. The molecule has 1 aliphatic rings. The lowest BCUT2D eigenvalue weighted by molar-refractivity contribution is 0.249.